The SMILES string of the molecule is C[C@@H](CC(C)(C)O)N1Cc2cc(NC(=O)c3cnn4cccnc34)c(N3CCOCC3)cc2O1.C[C@H](CC(C)(C)O)N1Cc2cc(NC(=O)c3cnn4cccnc34)c(N3CCOCC3)cc2O1. The number of ether oxygens (including phenoxy) is 2. The summed E-state index contributed by atoms with van der Waals surface area (Å²) in [5, 5.41) is 38.8. The molecule has 4 aliphatic heterocycles. The first-order valence-electron chi connectivity index (χ1n) is 23.1. The van der Waals surface area contributed by atoms with Crippen LogP contribution in [0.25, 0.3) is 11.3 Å². The average Bonchev–Trinajstić information content (AvgIpc) is 4.13. The largest absolute Gasteiger partial charge is 0.405 e. The zero-order valence-corrected chi connectivity index (χ0v) is 39.4. The molecule has 0 bridgehead atoms. The number of rotatable bonds is 12. The van der Waals surface area contributed by atoms with E-state index >= 15 is 0 Å². The zero-order valence-electron chi connectivity index (χ0n) is 39.4. The van der Waals surface area contributed by atoms with Crippen molar-refractivity contribution in [2.24, 2.45) is 0 Å². The summed E-state index contributed by atoms with van der Waals surface area (Å²) in [6.45, 7) is 17.8. The van der Waals surface area contributed by atoms with E-state index in [1.54, 1.807) is 73.6 Å². The number of hydrogen-bond donors (Lipinski definition) is 4. The van der Waals surface area contributed by atoms with Gasteiger partial charge >= 0.3 is 0 Å². The van der Waals surface area contributed by atoms with Crippen molar-refractivity contribution in [3.05, 3.63) is 95.8 Å². The third-order valence-corrected chi connectivity index (χ3v) is 12.3. The standard InChI is InChI=1S/2C24H30N6O4/c2*1-16(13-24(2,3)32)30-15-17-11-19(20(12-21(17)34-30)28-7-9-33-10-8-28)27-23(31)18-14-26-29-6-4-5-25-22(18)29/h2*4-6,11-12,14,16,32H,7-10,13,15H2,1-3H3,(H,27,31)/t2*16-/m10/s1. The van der Waals surface area contributed by atoms with E-state index in [0.29, 0.717) is 86.2 Å². The summed E-state index contributed by atoms with van der Waals surface area (Å²) in [6.07, 6.45) is 11.0. The Morgan fingerprint density at radius 1 is 0.647 bits per heavy atom. The van der Waals surface area contributed by atoms with Crippen LogP contribution in [-0.2, 0) is 22.6 Å². The minimum absolute atomic E-state index is 0.0159. The van der Waals surface area contributed by atoms with E-state index in [9.17, 15) is 19.8 Å². The van der Waals surface area contributed by atoms with Gasteiger partial charge in [-0.25, -0.2) is 19.0 Å². The number of anilines is 4. The maximum absolute atomic E-state index is 13.2. The van der Waals surface area contributed by atoms with E-state index in [2.05, 4.69) is 40.6 Å². The van der Waals surface area contributed by atoms with Gasteiger partial charge in [-0.15, -0.1) is 10.1 Å². The molecule has 2 saturated heterocycles. The predicted molar refractivity (Wildman–Crippen MR) is 254 cm³/mol. The Kier molecular flexibility index (Phi) is 13.2. The van der Waals surface area contributed by atoms with Gasteiger partial charge in [-0.1, -0.05) is 0 Å². The molecule has 4 aromatic heterocycles. The second-order valence-electron chi connectivity index (χ2n) is 19.0. The maximum atomic E-state index is 13.2. The first kappa shape index (κ1) is 46.7. The summed E-state index contributed by atoms with van der Waals surface area (Å²) >= 11 is 0. The minimum atomic E-state index is -0.794. The molecular weight excluding hydrogens is 873 g/mol. The van der Waals surface area contributed by atoms with Gasteiger partial charge < -0.3 is 49.8 Å². The molecule has 2 aromatic carbocycles. The smallest absolute Gasteiger partial charge is 0.261 e. The number of carbonyl (C=O) groups excluding carboxylic acids is 2. The van der Waals surface area contributed by atoms with Gasteiger partial charge in [0.05, 0.1) is 85.9 Å². The van der Waals surface area contributed by atoms with Crippen molar-refractivity contribution in [1.82, 2.24) is 39.3 Å². The monoisotopic (exact) mass is 932 g/mol. The van der Waals surface area contributed by atoms with Crippen LogP contribution in [0.1, 0.15) is 86.2 Å². The van der Waals surface area contributed by atoms with Gasteiger partial charge in [0.1, 0.15) is 11.1 Å². The Morgan fingerprint density at radius 2 is 1.04 bits per heavy atom. The lowest BCUT2D eigenvalue weighted by Crippen LogP contribution is -2.37. The van der Waals surface area contributed by atoms with Gasteiger partial charge in [0.2, 0.25) is 0 Å². The van der Waals surface area contributed by atoms with Crippen LogP contribution in [-0.4, -0.2) is 137 Å². The van der Waals surface area contributed by atoms with Crippen molar-refractivity contribution in [2.75, 3.05) is 73.0 Å². The number of fused-ring (bicyclic) bond motifs is 4. The van der Waals surface area contributed by atoms with Gasteiger partial charge in [0.15, 0.2) is 22.8 Å². The number of aliphatic hydroxyl groups is 2. The quantitative estimate of drug-likeness (QED) is 0.128. The highest BCUT2D eigenvalue weighted by Gasteiger charge is 2.33. The number of morpholine rings is 2. The molecule has 20 nitrogen and oxygen atoms in total. The van der Waals surface area contributed by atoms with Gasteiger partial charge in [-0.2, -0.15) is 10.2 Å². The lowest BCUT2D eigenvalue weighted by atomic mass is 10.00. The molecule has 8 heterocycles. The summed E-state index contributed by atoms with van der Waals surface area (Å²) in [6, 6.07) is 11.5. The summed E-state index contributed by atoms with van der Waals surface area (Å²) in [5.74, 6) is 0.989. The molecule has 4 aliphatic rings. The highest BCUT2D eigenvalue weighted by molar-refractivity contribution is 6.10. The molecule has 0 aliphatic carbocycles. The number of amides is 2. The maximum Gasteiger partial charge on any atom is 0.261 e. The molecular formula is C48H60N12O8. The van der Waals surface area contributed by atoms with Crippen molar-refractivity contribution in [3.8, 4) is 11.5 Å². The molecule has 4 N–H and O–H groups in total. The lowest BCUT2D eigenvalue weighted by molar-refractivity contribution is -0.0970. The van der Waals surface area contributed by atoms with Crippen molar-refractivity contribution in [2.45, 2.75) is 90.8 Å². The number of nitrogens with zero attached hydrogens (tertiary/aromatic N) is 10. The minimum Gasteiger partial charge on any atom is -0.405 e. The zero-order chi connectivity index (χ0) is 47.7. The van der Waals surface area contributed by atoms with Crippen LogP contribution in [0.3, 0.4) is 0 Å². The molecule has 360 valence electrons. The Morgan fingerprint density at radius 3 is 1.43 bits per heavy atom. The summed E-state index contributed by atoms with van der Waals surface area (Å²) in [4.78, 5) is 51.8. The fourth-order valence-electron chi connectivity index (χ4n) is 9.13. The predicted octanol–water partition coefficient (Wildman–Crippen LogP) is 4.95. The number of hydrogen-bond acceptors (Lipinski definition) is 16. The normalized spacial score (nSPS) is 17.5. The molecule has 20 heteroatoms. The highest BCUT2D eigenvalue weighted by atomic mass is 16.7. The van der Waals surface area contributed by atoms with Gasteiger partial charge in [0, 0.05) is 86.3 Å². The molecule has 2 fully saturated rings. The van der Waals surface area contributed by atoms with E-state index in [1.165, 1.54) is 12.4 Å². The Hall–Kier alpha value is -6.42. The van der Waals surface area contributed by atoms with Crippen LogP contribution in [0, 0.1) is 0 Å². The first-order valence-corrected chi connectivity index (χ1v) is 23.1. The fraction of sp³-hybridized carbons (Fsp3) is 0.458. The lowest BCUT2D eigenvalue weighted by Gasteiger charge is -2.31. The van der Waals surface area contributed by atoms with Crippen molar-refractivity contribution < 1.29 is 39.0 Å². The molecule has 68 heavy (non-hydrogen) atoms. The molecule has 10 rings (SSSR count). The van der Waals surface area contributed by atoms with E-state index in [4.69, 9.17) is 19.1 Å². The number of benzene rings is 2. The Balaban J connectivity index is 0.000000170. The van der Waals surface area contributed by atoms with Crippen LogP contribution in [0.2, 0.25) is 0 Å². The number of nitrogens with one attached hydrogen (secondary N) is 2. The first-order chi connectivity index (χ1) is 32.6. The van der Waals surface area contributed by atoms with Crippen LogP contribution < -0.4 is 30.1 Å². The van der Waals surface area contributed by atoms with Crippen molar-refractivity contribution in [3.63, 3.8) is 0 Å². The van der Waals surface area contributed by atoms with Crippen LogP contribution in [0.5, 0.6) is 11.5 Å². The van der Waals surface area contributed by atoms with Gasteiger partial charge in [-0.3, -0.25) is 9.59 Å². The fourth-order valence-corrected chi connectivity index (χ4v) is 9.13. The second kappa shape index (κ2) is 19.3. The van der Waals surface area contributed by atoms with E-state index in [-0.39, 0.29) is 23.9 Å². The third-order valence-electron chi connectivity index (χ3n) is 12.3. The number of carbonyl (C=O) groups is 2. The molecule has 0 radical (unpaired) electrons. The molecule has 0 spiro atoms. The second-order valence-corrected chi connectivity index (χ2v) is 19.0. The van der Waals surface area contributed by atoms with E-state index in [1.807, 2.05) is 48.2 Å². The van der Waals surface area contributed by atoms with E-state index < -0.39 is 11.2 Å². The molecule has 2 atom stereocenters. The Bertz CT molecular complexity index is 2580. The third kappa shape index (κ3) is 10.5. The van der Waals surface area contributed by atoms with Crippen molar-refractivity contribution in [1.29, 1.82) is 0 Å². The average molecular weight is 933 g/mol. The molecule has 0 unspecified atom stereocenters. The molecule has 2 amide bonds. The molecule has 0 saturated carbocycles. The summed E-state index contributed by atoms with van der Waals surface area (Å²) < 4.78 is 14.2. The Labute approximate surface area is 394 Å². The number of hydroxylamine groups is 4. The number of aromatic nitrogens is 6. The topological polar surface area (TPSA) is 209 Å². The van der Waals surface area contributed by atoms with Crippen LogP contribution >= 0.6 is 0 Å². The summed E-state index contributed by atoms with van der Waals surface area (Å²) in [7, 11) is 0. The summed E-state index contributed by atoms with van der Waals surface area (Å²) in [5.41, 5.74) is 5.39. The van der Waals surface area contributed by atoms with Gasteiger partial charge in [0.25, 0.3) is 11.8 Å². The van der Waals surface area contributed by atoms with Crippen LogP contribution in [0.15, 0.2) is 73.6 Å². The van der Waals surface area contributed by atoms with Crippen molar-refractivity contribution >= 4 is 45.9 Å². The van der Waals surface area contributed by atoms with E-state index in [0.717, 1.165) is 60.2 Å². The van der Waals surface area contributed by atoms with Crippen LogP contribution in [0.4, 0.5) is 22.7 Å². The highest BCUT2D eigenvalue weighted by Crippen LogP contribution is 2.41. The molecule has 6 aromatic rings. The van der Waals surface area contributed by atoms with Gasteiger partial charge in [-0.05, 0) is 78.6 Å².